The molecule has 1 aliphatic carbocycles. The molecule has 7 heteroatoms. The van der Waals surface area contributed by atoms with E-state index in [2.05, 4.69) is 16.2 Å². The molecule has 0 radical (unpaired) electrons. The molecule has 24 heavy (non-hydrogen) atoms. The summed E-state index contributed by atoms with van der Waals surface area (Å²) in [5.41, 5.74) is 6.15. The van der Waals surface area contributed by atoms with Crippen LogP contribution in [0.2, 0.25) is 0 Å². The molecule has 0 atom stereocenters. The van der Waals surface area contributed by atoms with Gasteiger partial charge < -0.3 is 5.32 Å². The highest BCUT2D eigenvalue weighted by Gasteiger charge is 2.29. The Morgan fingerprint density at radius 2 is 1.75 bits per heavy atom. The zero-order valence-electron chi connectivity index (χ0n) is 12.9. The molecule has 1 heterocycles. The van der Waals surface area contributed by atoms with Crippen molar-refractivity contribution in [3.8, 4) is 0 Å². The normalized spacial score (nSPS) is 13.2. The molecule has 0 unspecified atom stereocenters. The summed E-state index contributed by atoms with van der Waals surface area (Å²) in [5, 5.41) is 4.67. The molecule has 3 rings (SSSR count). The van der Waals surface area contributed by atoms with Crippen LogP contribution in [0.3, 0.4) is 0 Å². The number of hydrogen-bond acceptors (Lipinski definition) is 4. The summed E-state index contributed by atoms with van der Waals surface area (Å²) in [6, 6.07) is 10.5. The second kappa shape index (κ2) is 7.27. The number of nitrogens with one attached hydrogen (secondary N) is 3. The van der Waals surface area contributed by atoms with Gasteiger partial charge in [-0.3, -0.25) is 25.2 Å². The molecule has 3 amide bonds. The van der Waals surface area contributed by atoms with Crippen molar-refractivity contribution in [1.82, 2.24) is 16.2 Å². The summed E-state index contributed by atoms with van der Waals surface area (Å²) in [6.45, 7) is 0.386. The fraction of sp³-hybridized carbons (Fsp3) is 0.235. The molecule has 0 bridgehead atoms. The third-order valence-corrected chi connectivity index (χ3v) is 4.53. The van der Waals surface area contributed by atoms with Crippen molar-refractivity contribution in [2.75, 3.05) is 0 Å². The molecule has 0 aliphatic heterocycles. The number of hydrazine groups is 1. The van der Waals surface area contributed by atoms with E-state index in [0.717, 1.165) is 18.4 Å². The van der Waals surface area contributed by atoms with Crippen LogP contribution in [0.4, 0.5) is 0 Å². The number of hydrogen-bond donors (Lipinski definition) is 3. The quantitative estimate of drug-likeness (QED) is 0.724. The van der Waals surface area contributed by atoms with E-state index in [0.29, 0.717) is 17.0 Å². The molecule has 1 aromatic heterocycles. The predicted molar refractivity (Wildman–Crippen MR) is 90.3 cm³/mol. The van der Waals surface area contributed by atoms with Crippen molar-refractivity contribution >= 4 is 29.1 Å². The van der Waals surface area contributed by atoms with Crippen molar-refractivity contribution in [3.05, 3.63) is 57.8 Å². The third-order valence-electron chi connectivity index (χ3n) is 3.66. The van der Waals surface area contributed by atoms with Crippen LogP contribution in [0, 0.1) is 5.92 Å². The van der Waals surface area contributed by atoms with Crippen LogP contribution in [0.5, 0.6) is 0 Å². The van der Waals surface area contributed by atoms with E-state index in [1.807, 2.05) is 11.4 Å². The van der Waals surface area contributed by atoms with E-state index < -0.39 is 0 Å². The Morgan fingerprint density at radius 3 is 2.38 bits per heavy atom. The molecule has 0 spiro atoms. The van der Waals surface area contributed by atoms with Gasteiger partial charge in [-0.05, 0) is 42.0 Å². The first kappa shape index (κ1) is 16.2. The van der Waals surface area contributed by atoms with Crippen molar-refractivity contribution in [3.63, 3.8) is 0 Å². The van der Waals surface area contributed by atoms with Crippen molar-refractivity contribution < 1.29 is 14.4 Å². The first-order chi connectivity index (χ1) is 11.6. The maximum absolute atomic E-state index is 11.9. The summed E-state index contributed by atoms with van der Waals surface area (Å²) < 4.78 is 0. The highest BCUT2D eigenvalue weighted by atomic mass is 32.1. The lowest BCUT2D eigenvalue weighted by molar-refractivity contribution is -0.123. The number of carbonyl (C=O) groups is 3. The highest BCUT2D eigenvalue weighted by molar-refractivity contribution is 7.12. The Morgan fingerprint density at radius 1 is 1.00 bits per heavy atom. The van der Waals surface area contributed by atoms with Gasteiger partial charge in [-0.15, -0.1) is 11.3 Å². The number of amides is 3. The maximum atomic E-state index is 11.9. The van der Waals surface area contributed by atoms with E-state index >= 15 is 0 Å². The van der Waals surface area contributed by atoms with Crippen LogP contribution < -0.4 is 16.2 Å². The van der Waals surface area contributed by atoms with Gasteiger partial charge in [-0.25, -0.2) is 0 Å². The lowest BCUT2D eigenvalue weighted by Crippen LogP contribution is -2.42. The average Bonchev–Trinajstić information content (AvgIpc) is 3.32. The molecule has 0 saturated heterocycles. The van der Waals surface area contributed by atoms with Gasteiger partial charge in [0.2, 0.25) is 5.91 Å². The minimum absolute atomic E-state index is 0.0413. The molecule has 2 aromatic rings. The molecule has 1 saturated carbocycles. The summed E-state index contributed by atoms with van der Waals surface area (Å²) in [4.78, 5) is 35.9. The number of rotatable bonds is 5. The first-order valence-corrected chi connectivity index (χ1v) is 8.52. The van der Waals surface area contributed by atoms with Crippen LogP contribution in [0.25, 0.3) is 0 Å². The van der Waals surface area contributed by atoms with Crippen molar-refractivity contribution in [1.29, 1.82) is 0 Å². The van der Waals surface area contributed by atoms with Crippen LogP contribution in [-0.2, 0) is 11.3 Å². The molecule has 1 aliphatic rings. The zero-order chi connectivity index (χ0) is 16.9. The van der Waals surface area contributed by atoms with E-state index in [4.69, 9.17) is 0 Å². The van der Waals surface area contributed by atoms with Crippen LogP contribution >= 0.6 is 11.3 Å². The maximum Gasteiger partial charge on any atom is 0.269 e. The Hall–Kier alpha value is -2.67. The van der Waals surface area contributed by atoms with Crippen molar-refractivity contribution in [2.24, 2.45) is 5.92 Å². The van der Waals surface area contributed by atoms with Gasteiger partial charge in [0.05, 0.1) is 4.88 Å². The Balaban J connectivity index is 1.48. The van der Waals surface area contributed by atoms with Gasteiger partial charge in [0.25, 0.3) is 11.8 Å². The van der Waals surface area contributed by atoms with Crippen LogP contribution in [0.15, 0.2) is 41.8 Å². The lowest BCUT2D eigenvalue weighted by atomic mass is 10.1. The number of thiophene rings is 1. The third kappa shape index (κ3) is 4.20. The Bertz CT molecular complexity index is 737. The van der Waals surface area contributed by atoms with Gasteiger partial charge >= 0.3 is 0 Å². The topological polar surface area (TPSA) is 87.3 Å². The second-order valence-electron chi connectivity index (χ2n) is 5.57. The van der Waals surface area contributed by atoms with E-state index in [1.165, 1.54) is 11.3 Å². The smallest absolute Gasteiger partial charge is 0.269 e. The second-order valence-corrected chi connectivity index (χ2v) is 6.52. The summed E-state index contributed by atoms with van der Waals surface area (Å²) >= 11 is 1.39. The van der Waals surface area contributed by atoms with Crippen molar-refractivity contribution in [2.45, 2.75) is 19.4 Å². The summed E-state index contributed by atoms with van der Waals surface area (Å²) in [6.07, 6.45) is 1.77. The molecule has 124 valence electrons. The molecular formula is C17H17N3O3S. The average molecular weight is 343 g/mol. The van der Waals surface area contributed by atoms with Gasteiger partial charge in [0.1, 0.15) is 0 Å². The number of carbonyl (C=O) groups excluding carboxylic acids is 3. The largest absolute Gasteiger partial charge is 0.347 e. The van der Waals surface area contributed by atoms with Crippen LogP contribution in [0.1, 0.15) is 38.4 Å². The zero-order valence-corrected chi connectivity index (χ0v) is 13.7. The first-order valence-electron chi connectivity index (χ1n) is 7.64. The monoisotopic (exact) mass is 343 g/mol. The SMILES string of the molecule is O=C(NNC(=O)C1CC1)c1ccc(CNC(=O)c2cccs2)cc1. The molecule has 3 N–H and O–H groups in total. The van der Waals surface area contributed by atoms with E-state index in [9.17, 15) is 14.4 Å². The lowest BCUT2D eigenvalue weighted by Gasteiger charge is -2.08. The molecule has 1 fully saturated rings. The highest BCUT2D eigenvalue weighted by Crippen LogP contribution is 2.28. The van der Waals surface area contributed by atoms with Gasteiger partial charge in [-0.2, -0.15) is 0 Å². The fourth-order valence-electron chi connectivity index (χ4n) is 2.09. The van der Waals surface area contributed by atoms with Gasteiger partial charge in [-0.1, -0.05) is 18.2 Å². The van der Waals surface area contributed by atoms with Crippen LogP contribution in [-0.4, -0.2) is 17.7 Å². The summed E-state index contributed by atoms with van der Waals surface area (Å²) in [5.74, 6) is -0.580. The Kier molecular flexibility index (Phi) is 4.90. The van der Waals surface area contributed by atoms with Gasteiger partial charge in [0, 0.05) is 18.0 Å². The van der Waals surface area contributed by atoms with E-state index in [1.54, 1.807) is 30.3 Å². The predicted octanol–water partition coefficient (Wildman–Crippen LogP) is 1.85. The summed E-state index contributed by atoms with van der Waals surface area (Å²) in [7, 11) is 0. The Labute approximate surface area is 143 Å². The van der Waals surface area contributed by atoms with Gasteiger partial charge in [0.15, 0.2) is 0 Å². The minimum atomic E-state index is -0.363. The number of benzene rings is 1. The molecule has 6 nitrogen and oxygen atoms in total. The molecular weight excluding hydrogens is 326 g/mol. The minimum Gasteiger partial charge on any atom is -0.347 e. The fourth-order valence-corrected chi connectivity index (χ4v) is 2.73. The van der Waals surface area contributed by atoms with E-state index in [-0.39, 0.29) is 23.6 Å². The standard InChI is InChI=1S/C17H17N3O3S/c21-15(19-20-16(22)13-7-8-13)12-5-3-11(4-6-12)10-18-17(23)14-2-1-9-24-14/h1-6,9,13H,7-8,10H2,(H,18,23)(H,19,21)(H,20,22). The molecule has 1 aromatic carbocycles.